The van der Waals surface area contributed by atoms with Crippen LogP contribution in [0.3, 0.4) is 0 Å². The molecule has 1 aromatic carbocycles. The van der Waals surface area contributed by atoms with E-state index in [2.05, 4.69) is 20.5 Å². The third kappa shape index (κ3) is 5.19. The number of benzene rings is 1. The van der Waals surface area contributed by atoms with Gasteiger partial charge >= 0.3 is 6.09 Å². The van der Waals surface area contributed by atoms with Crippen LogP contribution in [-0.4, -0.2) is 54.5 Å². The minimum Gasteiger partial charge on any atom is -0.439 e. The predicted octanol–water partition coefficient (Wildman–Crippen LogP) is 3.81. The molecule has 0 atom stereocenters. The minimum atomic E-state index is -0.355. The highest BCUT2D eigenvalue weighted by atomic mass is 35.5. The van der Waals surface area contributed by atoms with Gasteiger partial charge in [0.2, 0.25) is 11.0 Å². The zero-order valence-electron chi connectivity index (χ0n) is 16.1. The van der Waals surface area contributed by atoms with Gasteiger partial charge in [0.25, 0.3) is 0 Å². The molecule has 1 fully saturated rings. The van der Waals surface area contributed by atoms with Gasteiger partial charge in [0.1, 0.15) is 11.5 Å². The second kappa shape index (κ2) is 9.31. The second-order valence-electron chi connectivity index (χ2n) is 6.65. The SMILES string of the molecule is Cn1nnnc1SC1CCN(C(=O)Oc2ccc(Oc3ccc(Cl)cn3)cc2)CC1. The highest BCUT2D eigenvalue weighted by molar-refractivity contribution is 7.99. The summed E-state index contributed by atoms with van der Waals surface area (Å²) in [5.74, 6) is 1.47. The van der Waals surface area contributed by atoms with Crippen molar-refractivity contribution in [1.82, 2.24) is 30.1 Å². The maximum Gasteiger partial charge on any atom is 0.415 e. The minimum absolute atomic E-state index is 0.355. The molecule has 0 spiro atoms. The van der Waals surface area contributed by atoms with Gasteiger partial charge in [-0.2, -0.15) is 0 Å². The van der Waals surface area contributed by atoms with E-state index in [0.29, 0.717) is 40.7 Å². The topological polar surface area (TPSA) is 95.3 Å². The van der Waals surface area contributed by atoms with Crippen LogP contribution >= 0.6 is 23.4 Å². The molecule has 2 aromatic heterocycles. The lowest BCUT2D eigenvalue weighted by molar-refractivity contribution is 0.143. The molecule has 1 aliphatic rings. The van der Waals surface area contributed by atoms with Crippen LogP contribution in [0.15, 0.2) is 47.8 Å². The summed E-state index contributed by atoms with van der Waals surface area (Å²) in [5.41, 5.74) is 0. The van der Waals surface area contributed by atoms with E-state index in [9.17, 15) is 4.79 Å². The van der Waals surface area contributed by atoms with Crippen LogP contribution < -0.4 is 9.47 Å². The van der Waals surface area contributed by atoms with E-state index >= 15 is 0 Å². The number of ether oxygens (including phenoxy) is 2. The molecule has 156 valence electrons. The third-order valence-corrected chi connectivity index (χ3v) is 6.09. The van der Waals surface area contributed by atoms with E-state index in [1.165, 1.54) is 6.20 Å². The standard InChI is InChI=1S/C19H19ClN6O3S/c1-25-18(22-23-24-25)30-16-8-10-26(11-9-16)19(27)29-15-5-3-14(4-6-15)28-17-7-2-13(20)12-21-17/h2-7,12,16H,8-11H2,1H3. The van der Waals surface area contributed by atoms with E-state index < -0.39 is 0 Å². The van der Waals surface area contributed by atoms with Crippen LogP contribution in [0.2, 0.25) is 5.02 Å². The van der Waals surface area contributed by atoms with E-state index in [0.717, 1.165) is 18.0 Å². The lowest BCUT2D eigenvalue weighted by Gasteiger charge is -2.30. The van der Waals surface area contributed by atoms with Crippen LogP contribution in [0, 0.1) is 0 Å². The first-order valence-corrected chi connectivity index (χ1v) is 10.6. The third-order valence-electron chi connectivity index (χ3n) is 4.51. The van der Waals surface area contributed by atoms with Crippen molar-refractivity contribution in [3.8, 4) is 17.4 Å². The number of tetrazole rings is 1. The van der Waals surface area contributed by atoms with Crippen LogP contribution in [-0.2, 0) is 7.05 Å². The van der Waals surface area contributed by atoms with E-state index in [4.69, 9.17) is 21.1 Å². The molecule has 0 radical (unpaired) electrons. The summed E-state index contributed by atoms with van der Waals surface area (Å²) in [6.45, 7) is 1.26. The first-order chi connectivity index (χ1) is 14.6. The van der Waals surface area contributed by atoms with Crippen molar-refractivity contribution in [2.45, 2.75) is 23.2 Å². The summed E-state index contributed by atoms with van der Waals surface area (Å²) in [6.07, 6.45) is 2.87. The van der Waals surface area contributed by atoms with Crippen molar-refractivity contribution in [2.75, 3.05) is 13.1 Å². The van der Waals surface area contributed by atoms with Crippen LogP contribution in [0.1, 0.15) is 12.8 Å². The van der Waals surface area contributed by atoms with Crippen molar-refractivity contribution in [2.24, 2.45) is 7.05 Å². The Bertz CT molecular complexity index is 990. The number of thioether (sulfide) groups is 1. The lowest BCUT2D eigenvalue weighted by Crippen LogP contribution is -2.40. The van der Waals surface area contributed by atoms with Gasteiger partial charge in [-0.15, -0.1) is 5.10 Å². The van der Waals surface area contributed by atoms with Gasteiger partial charge < -0.3 is 14.4 Å². The normalized spacial score (nSPS) is 14.5. The summed E-state index contributed by atoms with van der Waals surface area (Å²) < 4.78 is 12.8. The zero-order valence-corrected chi connectivity index (χ0v) is 17.7. The van der Waals surface area contributed by atoms with Crippen molar-refractivity contribution in [3.05, 3.63) is 47.6 Å². The van der Waals surface area contributed by atoms with Crippen LogP contribution in [0.25, 0.3) is 0 Å². The van der Waals surface area contributed by atoms with Crippen LogP contribution in [0.5, 0.6) is 17.4 Å². The van der Waals surface area contributed by atoms with Gasteiger partial charge in [0.05, 0.1) is 5.02 Å². The Labute approximate surface area is 182 Å². The predicted molar refractivity (Wildman–Crippen MR) is 111 cm³/mol. The molecule has 3 heterocycles. The fourth-order valence-electron chi connectivity index (χ4n) is 2.91. The highest BCUT2D eigenvalue weighted by Gasteiger charge is 2.26. The molecule has 0 bridgehead atoms. The quantitative estimate of drug-likeness (QED) is 0.583. The Hall–Kier alpha value is -2.85. The fourth-order valence-corrected chi connectivity index (χ4v) is 4.04. The monoisotopic (exact) mass is 446 g/mol. The molecule has 30 heavy (non-hydrogen) atoms. The molecule has 0 aliphatic carbocycles. The number of piperidine rings is 1. The van der Waals surface area contributed by atoms with E-state index in [1.54, 1.807) is 57.7 Å². The van der Waals surface area contributed by atoms with E-state index in [1.807, 2.05) is 7.05 Å². The number of nitrogens with zero attached hydrogens (tertiary/aromatic N) is 6. The first kappa shape index (κ1) is 20.4. The van der Waals surface area contributed by atoms with Crippen LogP contribution in [0.4, 0.5) is 4.79 Å². The number of carbonyl (C=O) groups is 1. The average molecular weight is 447 g/mol. The first-order valence-electron chi connectivity index (χ1n) is 9.32. The van der Waals surface area contributed by atoms with Gasteiger partial charge in [0, 0.05) is 37.7 Å². The van der Waals surface area contributed by atoms with E-state index in [-0.39, 0.29) is 6.09 Å². The molecule has 0 unspecified atom stereocenters. The molecule has 9 nitrogen and oxygen atoms in total. The number of hydrogen-bond acceptors (Lipinski definition) is 8. The van der Waals surface area contributed by atoms with Gasteiger partial charge in [-0.3, -0.25) is 0 Å². The summed E-state index contributed by atoms with van der Waals surface area (Å²) in [7, 11) is 1.82. The number of hydrogen-bond donors (Lipinski definition) is 0. The molecular weight excluding hydrogens is 428 g/mol. The maximum atomic E-state index is 12.5. The Morgan fingerprint density at radius 3 is 2.50 bits per heavy atom. The Morgan fingerprint density at radius 2 is 1.87 bits per heavy atom. The van der Waals surface area contributed by atoms with Gasteiger partial charge in [-0.25, -0.2) is 14.5 Å². The number of pyridine rings is 1. The molecule has 0 saturated carbocycles. The number of likely N-dealkylation sites (tertiary alicyclic amines) is 1. The van der Waals surface area contributed by atoms with Gasteiger partial charge in [-0.05, 0) is 53.6 Å². The van der Waals surface area contributed by atoms with Gasteiger partial charge in [-0.1, -0.05) is 23.4 Å². The second-order valence-corrected chi connectivity index (χ2v) is 8.35. The summed E-state index contributed by atoms with van der Waals surface area (Å²) >= 11 is 7.45. The summed E-state index contributed by atoms with van der Waals surface area (Å²) in [5, 5.41) is 13.2. The molecule has 11 heteroatoms. The molecule has 1 amide bonds. The number of aryl methyl sites for hydroxylation is 1. The van der Waals surface area contributed by atoms with Crippen molar-refractivity contribution >= 4 is 29.5 Å². The fraction of sp³-hybridized carbons (Fsp3) is 0.316. The Balaban J connectivity index is 1.26. The Kier molecular flexibility index (Phi) is 6.34. The zero-order chi connectivity index (χ0) is 20.9. The number of rotatable bonds is 5. The van der Waals surface area contributed by atoms with Crippen molar-refractivity contribution < 1.29 is 14.3 Å². The number of halogens is 1. The summed E-state index contributed by atoms with van der Waals surface area (Å²) in [4.78, 5) is 18.3. The largest absolute Gasteiger partial charge is 0.439 e. The molecule has 1 saturated heterocycles. The lowest BCUT2D eigenvalue weighted by atomic mass is 10.1. The molecular formula is C19H19ClN6O3S. The number of amides is 1. The van der Waals surface area contributed by atoms with Gasteiger partial charge in [0.15, 0.2) is 0 Å². The number of carbonyl (C=O) groups excluding carboxylic acids is 1. The van der Waals surface area contributed by atoms with Crippen molar-refractivity contribution in [1.29, 1.82) is 0 Å². The average Bonchev–Trinajstić information content (AvgIpc) is 3.16. The molecule has 1 aliphatic heterocycles. The molecule has 3 aromatic rings. The Morgan fingerprint density at radius 1 is 1.13 bits per heavy atom. The maximum absolute atomic E-state index is 12.5. The van der Waals surface area contributed by atoms with Crippen molar-refractivity contribution in [3.63, 3.8) is 0 Å². The number of aromatic nitrogens is 5. The smallest absolute Gasteiger partial charge is 0.415 e. The summed E-state index contributed by atoms with van der Waals surface area (Å²) in [6, 6.07) is 10.2. The molecule has 4 rings (SSSR count). The molecule has 0 N–H and O–H groups in total. The highest BCUT2D eigenvalue weighted by Crippen LogP contribution is 2.29.